The minimum Gasteiger partial charge on any atom is -0.399 e. The summed E-state index contributed by atoms with van der Waals surface area (Å²) in [6, 6.07) is 7.59. The number of fused-ring (bicyclic) bond motifs is 1. The van der Waals surface area contributed by atoms with Crippen molar-refractivity contribution in [1.29, 1.82) is 0 Å². The predicted octanol–water partition coefficient (Wildman–Crippen LogP) is 3.79. The van der Waals surface area contributed by atoms with Gasteiger partial charge < -0.3 is 10.6 Å². The SMILES string of the molecule is CON=C1C[C@H](c2ccc(F)cc2-c2cccnc2F)Cc2nc(N)nc(C)c21. The Morgan fingerprint density at radius 3 is 2.72 bits per heavy atom. The van der Waals surface area contributed by atoms with E-state index in [1.165, 1.54) is 25.4 Å². The average Bonchev–Trinajstić information content (AvgIpc) is 2.67. The first-order chi connectivity index (χ1) is 14.0. The van der Waals surface area contributed by atoms with E-state index < -0.39 is 11.8 Å². The van der Waals surface area contributed by atoms with Crippen LogP contribution in [-0.4, -0.2) is 27.8 Å². The van der Waals surface area contributed by atoms with E-state index in [4.69, 9.17) is 10.6 Å². The third-order valence-corrected chi connectivity index (χ3v) is 5.06. The molecule has 0 amide bonds. The number of anilines is 1. The van der Waals surface area contributed by atoms with Gasteiger partial charge in [0.05, 0.1) is 17.1 Å². The van der Waals surface area contributed by atoms with Crippen LogP contribution >= 0.6 is 0 Å². The van der Waals surface area contributed by atoms with Crippen LogP contribution in [0.4, 0.5) is 14.7 Å². The minimum absolute atomic E-state index is 0.125. The van der Waals surface area contributed by atoms with Crippen molar-refractivity contribution in [2.45, 2.75) is 25.7 Å². The molecule has 0 bridgehead atoms. The number of aryl methyl sites for hydroxylation is 1. The van der Waals surface area contributed by atoms with E-state index in [-0.39, 0.29) is 17.4 Å². The van der Waals surface area contributed by atoms with Crippen molar-refractivity contribution in [1.82, 2.24) is 15.0 Å². The summed E-state index contributed by atoms with van der Waals surface area (Å²) < 4.78 is 28.4. The lowest BCUT2D eigenvalue weighted by Crippen LogP contribution is -2.24. The topological polar surface area (TPSA) is 86.3 Å². The largest absolute Gasteiger partial charge is 0.399 e. The number of hydrogen-bond donors (Lipinski definition) is 1. The van der Waals surface area contributed by atoms with Crippen molar-refractivity contribution in [3.8, 4) is 11.1 Å². The van der Waals surface area contributed by atoms with Gasteiger partial charge in [-0.05, 0) is 54.7 Å². The Hall–Kier alpha value is -3.42. The monoisotopic (exact) mass is 395 g/mol. The van der Waals surface area contributed by atoms with Crippen molar-refractivity contribution in [2.75, 3.05) is 12.8 Å². The van der Waals surface area contributed by atoms with Gasteiger partial charge in [-0.25, -0.2) is 19.3 Å². The second-order valence-corrected chi connectivity index (χ2v) is 6.89. The maximum atomic E-state index is 14.4. The Balaban J connectivity index is 1.86. The third-order valence-electron chi connectivity index (χ3n) is 5.06. The molecule has 1 aliphatic rings. The number of nitrogens with zero attached hydrogens (tertiary/aromatic N) is 4. The molecule has 1 aromatic carbocycles. The van der Waals surface area contributed by atoms with Crippen LogP contribution in [0.25, 0.3) is 11.1 Å². The molecule has 2 aromatic heterocycles. The van der Waals surface area contributed by atoms with Crippen LogP contribution in [-0.2, 0) is 11.3 Å². The van der Waals surface area contributed by atoms with Crippen molar-refractivity contribution < 1.29 is 13.6 Å². The van der Waals surface area contributed by atoms with Crippen molar-refractivity contribution in [3.05, 3.63) is 70.8 Å². The zero-order chi connectivity index (χ0) is 20.5. The van der Waals surface area contributed by atoms with Gasteiger partial charge in [-0.2, -0.15) is 4.39 Å². The molecular formula is C21H19F2N5O. The zero-order valence-electron chi connectivity index (χ0n) is 16.0. The molecule has 4 rings (SSSR count). The van der Waals surface area contributed by atoms with Gasteiger partial charge in [0.25, 0.3) is 0 Å². The minimum atomic E-state index is -0.649. The fourth-order valence-electron chi connectivity index (χ4n) is 3.94. The maximum Gasteiger partial charge on any atom is 0.220 e. The van der Waals surface area contributed by atoms with Crippen LogP contribution in [0.2, 0.25) is 0 Å². The number of hydrogen-bond acceptors (Lipinski definition) is 6. The van der Waals surface area contributed by atoms with E-state index in [0.717, 1.165) is 22.5 Å². The summed E-state index contributed by atoms with van der Waals surface area (Å²) in [5.74, 6) is -1.04. The van der Waals surface area contributed by atoms with Gasteiger partial charge in [-0.15, -0.1) is 0 Å². The molecule has 0 fully saturated rings. The van der Waals surface area contributed by atoms with Gasteiger partial charge in [-0.3, -0.25) is 0 Å². The van der Waals surface area contributed by atoms with E-state index in [1.807, 2.05) is 6.92 Å². The lowest BCUT2D eigenvalue weighted by Gasteiger charge is -2.27. The summed E-state index contributed by atoms with van der Waals surface area (Å²) in [4.78, 5) is 17.4. The number of nitrogen functional groups attached to an aromatic ring is 1. The summed E-state index contributed by atoms with van der Waals surface area (Å²) in [6.07, 6.45) is 2.40. The summed E-state index contributed by atoms with van der Waals surface area (Å²) in [5.41, 5.74) is 10.3. The smallest absolute Gasteiger partial charge is 0.220 e. The van der Waals surface area contributed by atoms with Crippen molar-refractivity contribution in [2.24, 2.45) is 5.16 Å². The Morgan fingerprint density at radius 1 is 1.14 bits per heavy atom. The number of pyridine rings is 1. The Morgan fingerprint density at radius 2 is 1.97 bits per heavy atom. The fraction of sp³-hybridized carbons (Fsp3) is 0.238. The highest BCUT2D eigenvalue weighted by Gasteiger charge is 2.31. The molecule has 29 heavy (non-hydrogen) atoms. The van der Waals surface area contributed by atoms with Gasteiger partial charge in [0.15, 0.2) is 0 Å². The number of benzene rings is 1. The van der Waals surface area contributed by atoms with E-state index in [0.29, 0.717) is 24.1 Å². The molecule has 3 aromatic rings. The van der Waals surface area contributed by atoms with Gasteiger partial charge in [-0.1, -0.05) is 11.2 Å². The van der Waals surface area contributed by atoms with Gasteiger partial charge in [0, 0.05) is 23.7 Å². The Bertz CT molecular complexity index is 1120. The van der Waals surface area contributed by atoms with Crippen molar-refractivity contribution >= 4 is 11.7 Å². The van der Waals surface area contributed by atoms with E-state index in [9.17, 15) is 8.78 Å². The molecule has 8 heteroatoms. The van der Waals surface area contributed by atoms with Gasteiger partial charge in [0.2, 0.25) is 11.9 Å². The summed E-state index contributed by atoms with van der Waals surface area (Å²) >= 11 is 0. The van der Waals surface area contributed by atoms with Gasteiger partial charge in [0.1, 0.15) is 12.9 Å². The third kappa shape index (κ3) is 3.53. The zero-order valence-corrected chi connectivity index (χ0v) is 16.0. The van der Waals surface area contributed by atoms with Crippen LogP contribution in [0.5, 0.6) is 0 Å². The molecule has 148 valence electrons. The van der Waals surface area contributed by atoms with Crippen molar-refractivity contribution in [3.63, 3.8) is 0 Å². The lowest BCUT2D eigenvalue weighted by molar-refractivity contribution is 0.212. The number of halogens is 2. The highest BCUT2D eigenvalue weighted by Crippen LogP contribution is 2.39. The molecule has 0 aliphatic heterocycles. The predicted molar refractivity (Wildman–Crippen MR) is 105 cm³/mol. The molecule has 1 aliphatic carbocycles. The molecular weight excluding hydrogens is 376 g/mol. The highest BCUT2D eigenvalue weighted by molar-refractivity contribution is 6.03. The number of aromatic nitrogens is 3. The lowest BCUT2D eigenvalue weighted by atomic mass is 9.78. The van der Waals surface area contributed by atoms with Crippen LogP contribution in [0, 0.1) is 18.7 Å². The molecule has 1 atom stereocenters. The first-order valence-electron chi connectivity index (χ1n) is 9.11. The van der Waals surface area contributed by atoms with Gasteiger partial charge >= 0.3 is 0 Å². The molecule has 0 unspecified atom stereocenters. The first kappa shape index (κ1) is 18.9. The Kier molecular flexibility index (Phi) is 4.92. The normalized spacial score (nSPS) is 17.2. The van der Waals surface area contributed by atoms with Crippen LogP contribution in [0.15, 0.2) is 41.7 Å². The molecule has 0 radical (unpaired) electrons. The quantitative estimate of drug-likeness (QED) is 0.539. The number of rotatable bonds is 3. The van der Waals surface area contributed by atoms with Crippen LogP contribution in [0.3, 0.4) is 0 Å². The number of nitrogens with two attached hydrogens (primary N) is 1. The number of oxime groups is 1. The van der Waals surface area contributed by atoms with E-state index in [1.54, 1.807) is 18.2 Å². The second kappa shape index (κ2) is 7.54. The highest BCUT2D eigenvalue weighted by atomic mass is 19.1. The molecule has 0 saturated carbocycles. The van der Waals surface area contributed by atoms with Crippen LogP contribution in [0.1, 0.15) is 34.9 Å². The molecule has 6 nitrogen and oxygen atoms in total. The summed E-state index contributed by atoms with van der Waals surface area (Å²) in [7, 11) is 1.47. The molecule has 2 heterocycles. The molecule has 0 saturated heterocycles. The molecule has 0 spiro atoms. The Labute approximate surface area is 166 Å². The summed E-state index contributed by atoms with van der Waals surface area (Å²) in [6.45, 7) is 1.84. The maximum absolute atomic E-state index is 14.4. The standard InChI is InChI=1S/C21H19F2N5O/c1-11-19-17(27-21(24)26-11)8-12(9-18(19)28-29-2)14-6-5-13(22)10-16(14)15-4-3-7-25-20(15)23/h3-7,10,12H,8-9H2,1-2H3,(H2,24,26,27)/t12-/m1/s1. The average molecular weight is 395 g/mol. The fourth-order valence-corrected chi connectivity index (χ4v) is 3.94. The molecule has 2 N–H and O–H groups in total. The first-order valence-corrected chi connectivity index (χ1v) is 9.11. The van der Waals surface area contributed by atoms with Crippen LogP contribution < -0.4 is 5.73 Å². The van der Waals surface area contributed by atoms with E-state index >= 15 is 0 Å². The summed E-state index contributed by atoms with van der Waals surface area (Å²) in [5, 5.41) is 4.16. The van der Waals surface area contributed by atoms with E-state index in [2.05, 4.69) is 20.1 Å². The second-order valence-electron chi connectivity index (χ2n) is 6.89.